The molecule has 1 aromatic rings. The third-order valence-corrected chi connectivity index (χ3v) is 5.46. The normalized spacial score (nSPS) is 19.7. The van der Waals surface area contributed by atoms with Crippen LogP contribution in [-0.2, 0) is 4.79 Å². The van der Waals surface area contributed by atoms with Crippen LogP contribution in [0.5, 0.6) is 0 Å². The summed E-state index contributed by atoms with van der Waals surface area (Å²) in [7, 11) is 0. The highest BCUT2D eigenvalue weighted by atomic mass is 16.2. The number of nitriles is 1. The van der Waals surface area contributed by atoms with E-state index in [9.17, 15) is 10.1 Å². The minimum atomic E-state index is 0.310. The highest BCUT2D eigenvalue weighted by molar-refractivity contribution is 5.76. The van der Waals surface area contributed by atoms with Gasteiger partial charge in [0.1, 0.15) is 11.9 Å². The maximum Gasteiger partial charge on any atom is 0.222 e. The van der Waals surface area contributed by atoms with E-state index in [4.69, 9.17) is 0 Å². The molecule has 0 aliphatic carbocycles. The third kappa shape index (κ3) is 4.29. The quantitative estimate of drug-likeness (QED) is 0.834. The number of nitrogens with zero attached hydrogens (tertiary/aromatic N) is 5. The van der Waals surface area contributed by atoms with Crippen LogP contribution >= 0.6 is 0 Å². The number of carbonyl (C=O) groups excluding carboxylic acids is 1. The Bertz CT molecular complexity index is 625. The Morgan fingerprint density at radius 2 is 1.96 bits per heavy atom. The fourth-order valence-corrected chi connectivity index (χ4v) is 3.77. The molecule has 25 heavy (non-hydrogen) atoms. The number of aromatic nitrogens is 1. The van der Waals surface area contributed by atoms with Gasteiger partial charge in [0.2, 0.25) is 5.91 Å². The van der Waals surface area contributed by atoms with Crippen LogP contribution in [0.2, 0.25) is 0 Å². The van der Waals surface area contributed by atoms with E-state index in [0.29, 0.717) is 23.8 Å². The summed E-state index contributed by atoms with van der Waals surface area (Å²) in [4.78, 5) is 23.5. The number of hydrogen-bond acceptors (Lipinski definition) is 5. The van der Waals surface area contributed by atoms with E-state index < -0.39 is 0 Å². The first kappa shape index (κ1) is 17.7. The van der Waals surface area contributed by atoms with Crippen molar-refractivity contribution in [1.82, 2.24) is 14.8 Å². The molecule has 2 saturated heterocycles. The summed E-state index contributed by atoms with van der Waals surface area (Å²) in [6, 6.07) is 5.83. The number of carbonyl (C=O) groups is 1. The standard InChI is InChI=1S/C19H27N5O/c1-2-22-10-12-23(13-11-22)18(25)14-16-5-8-24(9-6-16)19-17(15-20)4-3-7-21-19/h3-4,7,16H,2,5-6,8-14H2,1H3. The maximum absolute atomic E-state index is 12.6. The third-order valence-electron chi connectivity index (χ3n) is 5.46. The SMILES string of the molecule is CCN1CCN(C(=O)CC2CCN(c3ncccc3C#N)CC2)CC1. The molecule has 2 fully saturated rings. The van der Waals surface area contributed by atoms with Gasteiger partial charge in [0.05, 0.1) is 5.56 Å². The molecule has 0 N–H and O–H groups in total. The van der Waals surface area contributed by atoms with Crippen molar-refractivity contribution in [3.8, 4) is 6.07 Å². The van der Waals surface area contributed by atoms with E-state index in [1.54, 1.807) is 12.3 Å². The van der Waals surface area contributed by atoms with Gasteiger partial charge in [-0.2, -0.15) is 5.26 Å². The minimum absolute atomic E-state index is 0.310. The molecule has 0 unspecified atom stereocenters. The monoisotopic (exact) mass is 341 g/mol. The summed E-state index contributed by atoms with van der Waals surface area (Å²) < 4.78 is 0. The van der Waals surface area contributed by atoms with Gasteiger partial charge in [0.25, 0.3) is 0 Å². The Morgan fingerprint density at radius 3 is 2.60 bits per heavy atom. The molecule has 3 heterocycles. The molecule has 6 heteroatoms. The minimum Gasteiger partial charge on any atom is -0.356 e. The van der Waals surface area contributed by atoms with E-state index in [1.165, 1.54) is 0 Å². The summed E-state index contributed by atoms with van der Waals surface area (Å²) in [5.41, 5.74) is 0.630. The van der Waals surface area contributed by atoms with Crippen LogP contribution in [0, 0.1) is 17.2 Å². The van der Waals surface area contributed by atoms with Gasteiger partial charge < -0.3 is 14.7 Å². The number of amides is 1. The van der Waals surface area contributed by atoms with Gasteiger partial charge in [-0.15, -0.1) is 0 Å². The lowest BCUT2D eigenvalue weighted by Crippen LogP contribution is -2.49. The van der Waals surface area contributed by atoms with Crippen molar-refractivity contribution in [2.75, 3.05) is 50.7 Å². The number of hydrogen-bond donors (Lipinski definition) is 0. The number of anilines is 1. The molecule has 2 aliphatic rings. The van der Waals surface area contributed by atoms with Gasteiger partial charge in [0.15, 0.2) is 0 Å². The summed E-state index contributed by atoms with van der Waals surface area (Å²) in [5.74, 6) is 1.54. The predicted molar refractivity (Wildman–Crippen MR) is 97.2 cm³/mol. The van der Waals surface area contributed by atoms with Gasteiger partial charge in [0, 0.05) is 51.9 Å². The average molecular weight is 341 g/mol. The van der Waals surface area contributed by atoms with E-state index in [1.807, 2.05) is 11.0 Å². The molecule has 2 aliphatic heterocycles. The Labute approximate surface area is 150 Å². The van der Waals surface area contributed by atoms with Crippen LogP contribution in [0.25, 0.3) is 0 Å². The van der Waals surface area contributed by atoms with Crippen molar-refractivity contribution in [1.29, 1.82) is 5.26 Å². The van der Waals surface area contributed by atoms with Gasteiger partial charge in [-0.1, -0.05) is 6.92 Å². The molecular formula is C19H27N5O. The number of pyridine rings is 1. The lowest BCUT2D eigenvalue weighted by molar-refractivity contribution is -0.134. The zero-order valence-electron chi connectivity index (χ0n) is 15.0. The first-order valence-electron chi connectivity index (χ1n) is 9.31. The van der Waals surface area contributed by atoms with Crippen LogP contribution in [0.1, 0.15) is 31.7 Å². The summed E-state index contributed by atoms with van der Waals surface area (Å²) >= 11 is 0. The Kier molecular flexibility index (Phi) is 5.87. The Balaban J connectivity index is 1.48. The average Bonchev–Trinajstić information content (AvgIpc) is 2.68. The summed E-state index contributed by atoms with van der Waals surface area (Å²) in [6.45, 7) is 8.70. The van der Waals surface area contributed by atoms with Crippen LogP contribution in [0.4, 0.5) is 5.82 Å². The Hall–Kier alpha value is -2.13. The predicted octanol–water partition coefficient (Wildman–Crippen LogP) is 1.72. The molecule has 1 aromatic heterocycles. The fourth-order valence-electron chi connectivity index (χ4n) is 3.77. The van der Waals surface area contributed by atoms with E-state index >= 15 is 0 Å². The lowest BCUT2D eigenvalue weighted by atomic mass is 9.92. The van der Waals surface area contributed by atoms with Crippen molar-refractivity contribution in [2.45, 2.75) is 26.2 Å². The topological polar surface area (TPSA) is 63.5 Å². The Morgan fingerprint density at radius 1 is 1.24 bits per heavy atom. The van der Waals surface area contributed by atoms with Crippen molar-refractivity contribution in [2.24, 2.45) is 5.92 Å². The van der Waals surface area contributed by atoms with Crippen molar-refractivity contribution >= 4 is 11.7 Å². The molecular weight excluding hydrogens is 314 g/mol. The van der Waals surface area contributed by atoms with Gasteiger partial charge in [-0.3, -0.25) is 4.79 Å². The molecule has 1 amide bonds. The maximum atomic E-state index is 12.6. The lowest BCUT2D eigenvalue weighted by Gasteiger charge is -2.36. The molecule has 0 saturated carbocycles. The number of rotatable bonds is 4. The largest absolute Gasteiger partial charge is 0.356 e. The molecule has 134 valence electrons. The molecule has 3 rings (SSSR count). The van der Waals surface area contributed by atoms with Gasteiger partial charge in [-0.25, -0.2) is 4.98 Å². The highest BCUT2D eigenvalue weighted by Crippen LogP contribution is 2.26. The zero-order valence-corrected chi connectivity index (χ0v) is 15.0. The second-order valence-electron chi connectivity index (χ2n) is 6.94. The van der Waals surface area contributed by atoms with Crippen LogP contribution in [0.15, 0.2) is 18.3 Å². The second kappa shape index (κ2) is 8.30. The van der Waals surface area contributed by atoms with E-state index in [-0.39, 0.29) is 0 Å². The molecule has 0 atom stereocenters. The van der Waals surface area contributed by atoms with Crippen LogP contribution < -0.4 is 4.90 Å². The van der Waals surface area contributed by atoms with Crippen molar-refractivity contribution in [3.63, 3.8) is 0 Å². The van der Waals surface area contributed by atoms with Gasteiger partial charge >= 0.3 is 0 Å². The molecule has 0 bridgehead atoms. The van der Waals surface area contributed by atoms with E-state index in [2.05, 4.69) is 27.8 Å². The van der Waals surface area contributed by atoms with Crippen LogP contribution in [0.3, 0.4) is 0 Å². The zero-order chi connectivity index (χ0) is 17.6. The number of piperazine rings is 1. The number of likely N-dealkylation sites (N-methyl/N-ethyl adjacent to an activating group) is 1. The highest BCUT2D eigenvalue weighted by Gasteiger charge is 2.26. The first-order valence-corrected chi connectivity index (χ1v) is 9.31. The molecule has 6 nitrogen and oxygen atoms in total. The van der Waals surface area contributed by atoms with Crippen molar-refractivity contribution < 1.29 is 4.79 Å². The molecule has 0 spiro atoms. The first-order chi connectivity index (χ1) is 12.2. The van der Waals surface area contributed by atoms with Crippen LogP contribution in [-0.4, -0.2) is 66.5 Å². The molecule has 0 radical (unpaired) electrons. The van der Waals surface area contributed by atoms with Gasteiger partial charge in [-0.05, 0) is 37.4 Å². The summed E-state index contributed by atoms with van der Waals surface area (Å²) in [5, 5.41) is 9.23. The van der Waals surface area contributed by atoms with E-state index in [0.717, 1.165) is 64.5 Å². The summed E-state index contributed by atoms with van der Waals surface area (Å²) in [6.07, 6.45) is 4.37. The fraction of sp³-hybridized carbons (Fsp3) is 0.632. The molecule has 0 aromatic carbocycles. The smallest absolute Gasteiger partial charge is 0.222 e. The van der Waals surface area contributed by atoms with Crippen molar-refractivity contribution in [3.05, 3.63) is 23.9 Å². The number of piperidine rings is 1. The second-order valence-corrected chi connectivity index (χ2v) is 6.94.